The van der Waals surface area contributed by atoms with Crippen LogP contribution in [0.5, 0.6) is 5.75 Å². The van der Waals surface area contributed by atoms with E-state index in [4.69, 9.17) is 4.74 Å². The van der Waals surface area contributed by atoms with E-state index in [1.165, 1.54) is 23.9 Å². The van der Waals surface area contributed by atoms with Crippen LogP contribution in [0.1, 0.15) is 32.1 Å². The Morgan fingerprint density at radius 3 is 2.31 bits per heavy atom. The fourth-order valence-electron chi connectivity index (χ4n) is 4.64. The minimum atomic E-state index is -5.32. The van der Waals surface area contributed by atoms with E-state index in [0.717, 1.165) is 32.1 Å². The minimum Gasteiger partial charge on any atom is -0.790 e. The van der Waals surface area contributed by atoms with Crippen molar-refractivity contribution in [1.82, 2.24) is 4.57 Å². The van der Waals surface area contributed by atoms with Crippen molar-refractivity contribution >= 4 is 24.4 Å². The molecule has 1 aromatic heterocycles. The summed E-state index contributed by atoms with van der Waals surface area (Å²) in [5.74, 6) is -0.160. The van der Waals surface area contributed by atoms with E-state index >= 15 is 4.39 Å². The first-order valence-electron chi connectivity index (χ1n) is 11.1. The van der Waals surface area contributed by atoms with Crippen LogP contribution < -0.4 is 84.0 Å². The van der Waals surface area contributed by atoms with Gasteiger partial charge in [-0.2, -0.15) is 0 Å². The molecule has 12 heteroatoms. The number of anilines is 1. The van der Waals surface area contributed by atoms with Crippen LogP contribution in [0.3, 0.4) is 0 Å². The molecule has 2 aromatic carbocycles. The zero-order valence-corrected chi connectivity index (χ0v) is 25.9. The van der Waals surface area contributed by atoms with E-state index in [1.807, 2.05) is 11.9 Å². The molecule has 1 fully saturated rings. The third kappa shape index (κ3) is 7.03. The van der Waals surface area contributed by atoms with Crippen LogP contribution in [-0.2, 0) is 15.8 Å². The first kappa shape index (κ1) is 31.5. The fourth-order valence-corrected chi connectivity index (χ4v) is 4.90. The van der Waals surface area contributed by atoms with E-state index in [1.54, 1.807) is 30.3 Å². The Morgan fingerprint density at radius 2 is 1.72 bits per heavy atom. The molecule has 0 radical (unpaired) electrons. The maximum Gasteiger partial charge on any atom is 1.00 e. The average molecular weight is 534 g/mol. The van der Waals surface area contributed by atoms with Gasteiger partial charge in [0.2, 0.25) is 0 Å². The maximum absolute atomic E-state index is 15.1. The molecule has 8 nitrogen and oxygen atoms in total. The van der Waals surface area contributed by atoms with Gasteiger partial charge in [0.1, 0.15) is 18.3 Å². The van der Waals surface area contributed by atoms with Crippen LogP contribution in [0.4, 0.5) is 10.1 Å². The molecule has 36 heavy (non-hydrogen) atoms. The molecule has 4 rings (SSSR count). The summed E-state index contributed by atoms with van der Waals surface area (Å²) in [5.41, 5.74) is 0.835. The molecule has 182 valence electrons. The van der Waals surface area contributed by atoms with Crippen LogP contribution in [-0.4, -0.2) is 24.8 Å². The Bertz CT molecular complexity index is 1290. The van der Waals surface area contributed by atoms with Crippen LogP contribution in [0.15, 0.2) is 47.4 Å². The predicted molar refractivity (Wildman–Crippen MR) is 124 cm³/mol. The van der Waals surface area contributed by atoms with Crippen molar-refractivity contribution in [2.45, 2.75) is 44.9 Å². The zero-order chi connectivity index (χ0) is 24.5. The smallest absolute Gasteiger partial charge is 0.790 e. The number of methoxy groups -OCH3 is 1. The number of ether oxygens (including phenoxy) is 1. The Hall–Kier alpha value is -0.710. The molecule has 0 atom stereocenters. The van der Waals surface area contributed by atoms with Crippen molar-refractivity contribution in [3.8, 4) is 16.9 Å². The fraction of sp³-hybridized carbons (Fsp3) is 0.375. The number of halogens is 1. The summed E-state index contributed by atoms with van der Waals surface area (Å²) in [5, 5.41) is -0.191. The third-order valence-electron chi connectivity index (χ3n) is 6.41. The van der Waals surface area contributed by atoms with Gasteiger partial charge < -0.3 is 33.1 Å². The number of phosphoric acid groups is 1. The number of hydrogen-bond donors (Lipinski definition) is 0. The molecule has 0 saturated heterocycles. The molecule has 0 aliphatic heterocycles. The first-order valence-corrected chi connectivity index (χ1v) is 12.5. The number of phosphoric ester groups is 1. The van der Waals surface area contributed by atoms with Crippen molar-refractivity contribution < 1.29 is 87.1 Å². The van der Waals surface area contributed by atoms with Gasteiger partial charge in [-0.25, -0.2) is 4.39 Å². The van der Waals surface area contributed by atoms with Crippen LogP contribution in [0.25, 0.3) is 22.0 Å². The van der Waals surface area contributed by atoms with Gasteiger partial charge in [0.25, 0.3) is 0 Å². The van der Waals surface area contributed by atoms with Gasteiger partial charge in [-0.15, -0.1) is 0 Å². The zero-order valence-electron chi connectivity index (χ0n) is 21.0. The largest absolute Gasteiger partial charge is 1.00 e. The molecular weight excluding hydrogens is 508 g/mol. The molecule has 1 heterocycles. The van der Waals surface area contributed by atoms with Gasteiger partial charge in [0, 0.05) is 24.8 Å². The number of rotatable bonds is 7. The monoisotopic (exact) mass is 534 g/mol. The van der Waals surface area contributed by atoms with Crippen molar-refractivity contribution in [3.05, 3.63) is 58.6 Å². The number of hydrogen-bond acceptors (Lipinski definition) is 7. The molecule has 0 spiro atoms. The number of nitrogens with zero attached hydrogens (tertiary/aromatic N) is 2. The van der Waals surface area contributed by atoms with Gasteiger partial charge in [-0.1, -0.05) is 31.4 Å². The standard InChI is InChI=1S/C24H28FN2O6P.2Na/c1-26(17-6-4-3-5-7-17)21-13-12-20(25)22-23(21)27(15-33-34(29,30)31)14-19(24(22)28)16-8-10-18(32-2)11-9-16;;/h8-14,17H,3-7,15H2,1-2H3,(H2,29,30,31);;/q;2*+1/p-2. The topological polar surface area (TPSA) is 107 Å². The van der Waals surface area contributed by atoms with Crippen LogP contribution >= 0.6 is 7.82 Å². The summed E-state index contributed by atoms with van der Waals surface area (Å²) in [6, 6.07) is 9.62. The number of pyridine rings is 1. The summed E-state index contributed by atoms with van der Waals surface area (Å²) >= 11 is 0. The van der Waals surface area contributed by atoms with E-state index in [9.17, 15) is 19.1 Å². The summed E-state index contributed by atoms with van der Waals surface area (Å²) in [7, 11) is -1.93. The molecule has 0 N–H and O–H groups in total. The second-order valence-corrected chi connectivity index (χ2v) is 9.62. The summed E-state index contributed by atoms with van der Waals surface area (Å²) in [4.78, 5) is 38.0. The molecule has 0 unspecified atom stereocenters. The summed E-state index contributed by atoms with van der Waals surface area (Å²) < 4.78 is 37.4. The van der Waals surface area contributed by atoms with Gasteiger partial charge in [0.05, 0.1) is 31.5 Å². The van der Waals surface area contributed by atoms with E-state index in [2.05, 4.69) is 4.52 Å². The normalized spacial score (nSPS) is 14.1. The third-order valence-corrected chi connectivity index (χ3v) is 6.84. The Kier molecular flexibility index (Phi) is 11.7. The molecule has 1 aliphatic rings. The SMILES string of the molecule is COc1ccc(-c2cn(COP(=O)([O-])[O-])c3c(N(C)C4CCCCC4)ccc(F)c3c2=O)cc1.[Na+].[Na+]. The minimum absolute atomic E-state index is 0. The van der Waals surface area contributed by atoms with Crippen LogP contribution in [0, 0.1) is 5.82 Å². The maximum atomic E-state index is 15.1. The first-order chi connectivity index (χ1) is 16.2. The summed E-state index contributed by atoms with van der Waals surface area (Å²) in [6.07, 6.45) is 6.61. The molecule has 3 aromatic rings. The van der Waals surface area contributed by atoms with Crippen molar-refractivity contribution in [3.63, 3.8) is 0 Å². The van der Waals surface area contributed by atoms with E-state index in [-0.39, 0.29) is 81.6 Å². The quantitative estimate of drug-likeness (QED) is 0.242. The van der Waals surface area contributed by atoms with Crippen molar-refractivity contribution in [2.24, 2.45) is 0 Å². The molecule has 1 saturated carbocycles. The van der Waals surface area contributed by atoms with Gasteiger partial charge in [-0.05, 0) is 42.7 Å². The van der Waals surface area contributed by atoms with E-state index in [0.29, 0.717) is 17.0 Å². The molecular formula is C24H26FN2Na2O6P. The second kappa shape index (κ2) is 13.4. The van der Waals surface area contributed by atoms with E-state index < -0.39 is 25.8 Å². The number of aromatic nitrogens is 1. The average Bonchev–Trinajstić information content (AvgIpc) is 2.83. The number of benzene rings is 2. The predicted octanol–water partition coefficient (Wildman–Crippen LogP) is -2.60. The molecule has 0 amide bonds. The van der Waals surface area contributed by atoms with Crippen molar-refractivity contribution in [1.29, 1.82) is 0 Å². The second-order valence-electron chi connectivity index (χ2n) is 8.47. The van der Waals surface area contributed by atoms with Crippen LogP contribution in [0.2, 0.25) is 0 Å². The molecule has 1 aliphatic carbocycles. The van der Waals surface area contributed by atoms with Gasteiger partial charge in [-0.3, -0.25) is 4.79 Å². The van der Waals surface area contributed by atoms with Gasteiger partial charge >= 0.3 is 59.1 Å². The Morgan fingerprint density at radius 1 is 1.08 bits per heavy atom. The number of fused-ring (bicyclic) bond motifs is 1. The Balaban J connectivity index is 0.00000228. The van der Waals surface area contributed by atoms with Gasteiger partial charge in [0.15, 0.2) is 5.43 Å². The summed E-state index contributed by atoms with van der Waals surface area (Å²) in [6.45, 7) is -0.681. The van der Waals surface area contributed by atoms with Crippen molar-refractivity contribution in [2.75, 3.05) is 19.1 Å². The Labute approximate surface area is 253 Å². The molecule has 0 bridgehead atoms.